The largest absolute Gasteiger partial charge is 0.595 e. The summed E-state index contributed by atoms with van der Waals surface area (Å²) in [7, 11) is 0. The maximum absolute atomic E-state index is 12.9. The maximum Gasteiger partial charge on any atom is 0.310 e. The Balaban J connectivity index is 1.09. The first kappa shape index (κ1) is 21.8. The number of anilines is 1. The number of carbonyl (C=O) groups is 1. The highest BCUT2D eigenvalue weighted by molar-refractivity contribution is 5.75. The van der Waals surface area contributed by atoms with Crippen LogP contribution in [0.1, 0.15) is 39.0 Å². The van der Waals surface area contributed by atoms with Gasteiger partial charge in [0.2, 0.25) is 0 Å². The zero-order chi connectivity index (χ0) is 22.8. The summed E-state index contributed by atoms with van der Waals surface area (Å²) in [4.78, 5) is 17.6. The zero-order valence-electron chi connectivity index (χ0n) is 19.4. The van der Waals surface area contributed by atoms with Crippen molar-refractivity contribution in [1.29, 1.82) is 0 Å². The Kier molecular flexibility index (Phi) is 5.23. The Labute approximate surface area is 195 Å². The first-order valence-corrected chi connectivity index (χ1v) is 12.5. The fourth-order valence-corrected chi connectivity index (χ4v) is 7.45. The van der Waals surface area contributed by atoms with Crippen molar-refractivity contribution in [2.45, 2.75) is 50.7 Å². The average molecular weight is 458 g/mol. The highest BCUT2D eigenvalue weighted by Gasteiger charge is 2.65. The van der Waals surface area contributed by atoms with Gasteiger partial charge in [0.25, 0.3) is 0 Å². The minimum Gasteiger partial charge on any atom is -0.595 e. The third kappa shape index (κ3) is 3.76. The number of benzene rings is 1. The summed E-state index contributed by atoms with van der Waals surface area (Å²) in [5, 5.41) is 19.3. The smallest absolute Gasteiger partial charge is 0.310 e. The van der Waals surface area contributed by atoms with Crippen LogP contribution in [0.3, 0.4) is 0 Å². The number of quaternary nitrogens is 1. The first-order valence-electron chi connectivity index (χ1n) is 12.5. The molecular formula is C25H35N3O5. The van der Waals surface area contributed by atoms with Gasteiger partial charge in [-0.15, -0.1) is 0 Å². The molecule has 3 aliphatic heterocycles. The molecule has 7 atom stereocenters. The molecule has 5 aliphatic rings. The Morgan fingerprint density at radius 2 is 1.91 bits per heavy atom. The van der Waals surface area contributed by atoms with E-state index in [0.717, 1.165) is 57.9 Å². The van der Waals surface area contributed by atoms with Crippen molar-refractivity contribution in [2.75, 3.05) is 44.2 Å². The van der Waals surface area contributed by atoms with E-state index >= 15 is 0 Å². The van der Waals surface area contributed by atoms with Crippen molar-refractivity contribution in [3.63, 3.8) is 0 Å². The van der Waals surface area contributed by atoms with E-state index in [9.17, 15) is 10.0 Å². The number of hydrogen-bond acceptors (Lipinski definition) is 7. The van der Waals surface area contributed by atoms with Gasteiger partial charge in [0.05, 0.1) is 18.1 Å². The minimum absolute atomic E-state index is 0.00435. The number of piperazine rings is 1. The maximum atomic E-state index is 12.9. The lowest BCUT2D eigenvalue weighted by Gasteiger charge is -2.51. The predicted molar refractivity (Wildman–Crippen MR) is 121 cm³/mol. The predicted octanol–water partition coefficient (Wildman–Crippen LogP) is 1.74. The lowest BCUT2D eigenvalue weighted by molar-refractivity contribution is -0.991. The topological polar surface area (TPSA) is 93.0 Å². The molecule has 3 heterocycles. The van der Waals surface area contributed by atoms with E-state index in [4.69, 9.17) is 14.7 Å². The van der Waals surface area contributed by atoms with E-state index in [0.29, 0.717) is 17.5 Å². The number of ether oxygens (including phenoxy) is 2. The van der Waals surface area contributed by atoms with Crippen molar-refractivity contribution in [3.8, 4) is 0 Å². The van der Waals surface area contributed by atoms with E-state index in [2.05, 4.69) is 16.7 Å². The van der Waals surface area contributed by atoms with Crippen molar-refractivity contribution >= 4 is 17.3 Å². The van der Waals surface area contributed by atoms with Gasteiger partial charge in [-0.1, -0.05) is 6.92 Å². The molecule has 1 unspecified atom stereocenters. The molecular weight excluding hydrogens is 422 g/mol. The molecule has 2 aliphatic carbocycles. The molecule has 2 N–H and O–H groups in total. The molecule has 1 aromatic carbocycles. The number of esters is 1. The van der Waals surface area contributed by atoms with Gasteiger partial charge in [0.1, 0.15) is 6.10 Å². The van der Waals surface area contributed by atoms with Crippen LogP contribution in [-0.2, 0) is 14.3 Å². The van der Waals surface area contributed by atoms with Crippen LogP contribution < -0.4 is 10.1 Å². The molecule has 1 spiro atoms. The minimum atomic E-state index is -0.899. The van der Waals surface area contributed by atoms with Gasteiger partial charge >= 0.3 is 5.97 Å². The third-order valence-electron chi connectivity index (χ3n) is 9.39. The highest BCUT2D eigenvalue weighted by atomic mass is 16.8. The molecule has 8 nitrogen and oxygen atoms in total. The molecule has 3 saturated heterocycles. The van der Waals surface area contributed by atoms with Crippen LogP contribution in [0.4, 0.5) is 11.4 Å². The van der Waals surface area contributed by atoms with E-state index < -0.39 is 5.23 Å². The number of carbonyl (C=O) groups excluding carboxylic acids is 1. The SMILES string of the molecule is C[C@]12CCC[C@]3(CO3)[C@H]1C[C@@H]1[C@@H](C2)OC(=O)[C@@H]1CN1CCN(c2ccc([NH+]([O-])O)cc2)CC1. The second-order valence-electron chi connectivity index (χ2n) is 11.2. The van der Waals surface area contributed by atoms with Gasteiger partial charge in [0.15, 0.2) is 5.69 Å². The first-order chi connectivity index (χ1) is 15.9. The Hall–Kier alpha value is -1.71. The van der Waals surface area contributed by atoms with Crippen LogP contribution in [0.15, 0.2) is 24.3 Å². The average Bonchev–Trinajstić information content (AvgIpc) is 3.51. The van der Waals surface area contributed by atoms with E-state index in [1.807, 2.05) is 12.1 Å². The van der Waals surface area contributed by atoms with Crippen molar-refractivity contribution in [1.82, 2.24) is 4.90 Å². The fraction of sp³-hybridized carbons (Fsp3) is 0.720. The quantitative estimate of drug-likeness (QED) is 0.404. The highest BCUT2D eigenvalue weighted by Crippen LogP contribution is 2.62. The van der Waals surface area contributed by atoms with Crippen LogP contribution in [0.2, 0.25) is 0 Å². The van der Waals surface area contributed by atoms with Crippen LogP contribution in [-0.4, -0.2) is 67.1 Å². The summed E-state index contributed by atoms with van der Waals surface area (Å²) in [5.41, 5.74) is 1.70. The normalized spacial score (nSPS) is 41.4. The Bertz CT molecular complexity index is 896. The van der Waals surface area contributed by atoms with Crippen LogP contribution in [0.5, 0.6) is 0 Å². The standard InChI is InChI=1S/C25H35N3O5/c1-24-7-2-8-25(16-32-25)22(24)13-19-20(23(29)33-21(19)14-24)15-26-9-11-27(12-10-26)17-3-5-18(6-4-17)28(30)31/h3-6,19-22,28,30H,2,7-16H2,1H3/t19-,20+,21+,22-,24+,25-/m0/s1. The van der Waals surface area contributed by atoms with Gasteiger partial charge in [0, 0.05) is 56.5 Å². The molecule has 0 radical (unpaired) electrons. The lowest BCUT2D eigenvalue weighted by Crippen LogP contribution is -2.99. The monoisotopic (exact) mass is 457 g/mol. The van der Waals surface area contributed by atoms with E-state index in [1.54, 1.807) is 12.1 Å². The van der Waals surface area contributed by atoms with Crippen LogP contribution in [0, 0.1) is 28.4 Å². The summed E-state index contributed by atoms with van der Waals surface area (Å²) < 4.78 is 12.0. The molecule has 0 bridgehead atoms. The second kappa shape index (κ2) is 7.92. The summed E-state index contributed by atoms with van der Waals surface area (Å²) in [6, 6.07) is 7.10. The van der Waals surface area contributed by atoms with Gasteiger partial charge in [-0.05, 0) is 55.6 Å². The number of epoxide rings is 1. The molecule has 180 valence electrons. The molecule has 2 saturated carbocycles. The zero-order valence-corrected chi connectivity index (χ0v) is 19.4. The molecule has 0 aromatic heterocycles. The van der Waals surface area contributed by atoms with E-state index in [1.165, 1.54) is 19.3 Å². The Morgan fingerprint density at radius 1 is 1.18 bits per heavy atom. The van der Waals surface area contributed by atoms with E-state index in [-0.39, 0.29) is 29.0 Å². The summed E-state index contributed by atoms with van der Waals surface area (Å²) in [6.45, 7) is 7.63. The van der Waals surface area contributed by atoms with Crippen molar-refractivity contribution in [3.05, 3.63) is 29.5 Å². The van der Waals surface area contributed by atoms with Crippen LogP contribution >= 0.6 is 0 Å². The molecule has 8 heteroatoms. The molecule has 33 heavy (non-hydrogen) atoms. The third-order valence-corrected chi connectivity index (χ3v) is 9.39. The fourth-order valence-electron chi connectivity index (χ4n) is 7.45. The summed E-state index contributed by atoms with van der Waals surface area (Å²) in [6.07, 6.45) is 5.77. The summed E-state index contributed by atoms with van der Waals surface area (Å²) in [5.74, 6) is 0.849. The van der Waals surface area contributed by atoms with Crippen LogP contribution in [0.25, 0.3) is 0 Å². The van der Waals surface area contributed by atoms with Crippen molar-refractivity contribution in [2.24, 2.45) is 23.2 Å². The molecule has 5 fully saturated rings. The van der Waals surface area contributed by atoms with Gasteiger partial charge in [-0.3, -0.25) is 9.69 Å². The van der Waals surface area contributed by atoms with Crippen molar-refractivity contribution < 1.29 is 24.7 Å². The van der Waals surface area contributed by atoms with Gasteiger partial charge in [-0.25, -0.2) is 5.21 Å². The molecule has 1 aromatic rings. The van der Waals surface area contributed by atoms with Gasteiger partial charge < -0.3 is 19.6 Å². The number of hydrogen-bond donors (Lipinski definition) is 2. The number of rotatable bonds is 4. The lowest BCUT2D eigenvalue weighted by atomic mass is 9.53. The number of nitrogens with one attached hydrogen (secondary N) is 1. The number of fused-ring (bicyclic) bond motifs is 3. The number of nitrogens with zero attached hydrogens (tertiary/aromatic N) is 2. The van der Waals surface area contributed by atoms with Gasteiger partial charge in [-0.2, -0.15) is 5.23 Å². The summed E-state index contributed by atoms with van der Waals surface area (Å²) >= 11 is 0. The second-order valence-corrected chi connectivity index (χ2v) is 11.2. The molecule has 0 amide bonds. The molecule has 6 rings (SSSR count). The Morgan fingerprint density at radius 3 is 2.58 bits per heavy atom.